The van der Waals surface area contributed by atoms with Crippen LogP contribution in [0.4, 0.5) is 11.4 Å². The van der Waals surface area contributed by atoms with Gasteiger partial charge in [0.05, 0.1) is 11.4 Å². The lowest BCUT2D eigenvalue weighted by Crippen LogP contribution is -2.28. The normalized spacial score (nSPS) is 11.2. The zero-order valence-corrected chi connectivity index (χ0v) is 15.4. The van der Waals surface area contributed by atoms with Gasteiger partial charge in [-0.1, -0.05) is 23.2 Å². The van der Waals surface area contributed by atoms with Crippen LogP contribution in [-0.2, 0) is 10.0 Å². The van der Waals surface area contributed by atoms with Crippen LogP contribution in [0.2, 0.25) is 10.0 Å². The molecule has 0 unspecified atom stereocenters. The summed E-state index contributed by atoms with van der Waals surface area (Å²) in [7, 11) is -1.86. The number of hydrogen-bond acceptors (Lipinski definition) is 3. The number of hydrogen-bond donors (Lipinski definition) is 1. The van der Waals surface area contributed by atoms with Crippen molar-refractivity contribution in [1.82, 2.24) is 0 Å². The summed E-state index contributed by atoms with van der Waals surface area (Å²) in [6.07, 6.45) is 0. The van der Waals surface area contributed by atoms with Crippen LogP contribution in [0, 0.1) is 0 Å². The van der Waals surface area contributed by atoms with Crippen molar-refractivity contribution in [3.8, 4) is 0 Å². The molecular weight excluding hydrogens is 371 g/mol. The molecule has 8 heteroatoms. The summed E-state index contributed by atoms with van der Waals surface area (Å²) in [5.74, 6) is -0.345. The van der Waals surface area contributed by atoms with Crippen LogP contribution in [0.15, 0.2) is 42.5 Å². The SMILES string of the molecule is CCS(=O)(=O)N(C)c1ccc(C(=O)Nc2cc(Cl)cc(Cl)c2)cc1. The fourth-order valence-corrected chi connectivity index (χ4v) is 3.36. The molecule has 1 amide bonds. The smallest absolute Gasteiger partial charge is 0.255 e. The Morgan fingerprint density at radius 3 is 2.12 bits per heavy atom. The van der Waals surface area contributed by atoms with Crippen molar-refractivity contribution in [2.45, 2.75) is 6.92 Å². The molecule has 0 heterocycles. The van der Waals surface area contributed by atoms with E-state index in [9.17, 15) is 13.2 Å². The lowest BCUT2D eigenvalue weighted by Gasteiger charge is -2.18. The quantitative estimate of drug-likeness (QED) is 0.842. The molecule has 0 saturated heterocycles. The minimum absolute atomic E-state index is 0.00125. The molecular formula is C16H16Cl2N2O3S. The largest absolute Gasteiger partial charge is 0.322 e. The summed E-state index contributed by atoms with van der Waals surface area (Å²) in [6.45, 7) is 1.57. The lowest BCUT2D eigenvalue weighted by molar-refractivity contribution is 0.102. The van der Waals surface area contributed by atoms with E-state index in [0.29, 0.717) is 27.0 Å². The van der Waals surface area contributed by atoms with Crippen molar-refractivity contribution in [3.63, 3.8) is 0 Å². The second-order valence-corrected chi connectivity index (χ2v) is 8.19. The predicted molar refractivity (Wildman–Crippen MR) is 98.7 cm³/mol. The zero-order valence-electron chi connectivity index (χ0n) is 13.1. The molecule has 2 aromatic carbocycles. The van der Waals surface area contributed by atoms with Gasteiger partial charge in [-0.2, -0.15) is 0 Å². The van der Waals surface area contributed by atoms with E-state index in [2.05, 4.69) is 5.32 Å². The van der Waals surface area contributed by atoms with E-state index in [1.807, 2.05) is 0 Å². The second kappa shape index (κ2) is 7.42. The number of halogens is 2. The number of carbonyl (C=O) groups excluding carboxylic acids is 1. The Hall–Kier alpha value is -1.76. The summed E-state index contributed by atoms with van der Waals surface area (Å²) >= 11 is 11.8. The van der Waals surface area contributed by atoms with Crippen LogP contribution in [0.5, 0.6) is 0 Å². The molecule has 2 rings (SSSR count). The van der Waals surface area contributed by atoms with Crippen LogP contribution < -0.4 is 9.62 Å². The zero-order chi connectivity index (χ0) is 17.9. The van der Waals surface area contributed by atoms with Crippen molar-refractivity contribution >= 4 is 50.5 Å². The molecule has 0 bridgehead atoms. The van der Waals surface area contributed by atoms with E-state index < -0.39 is 10.0 Å². The van der Waals surface area contributed by atoms with E-state index in [1.165, 1.54) is 11.4 Å². The van der Waals surface area contributed by atoms with Crippen molar-refractivity contribution in [3.05, 3.63) is 58.1 Å². The molecule has 0 aromatic heterocycles. The topological polar surface area (TPSA) is 66.5 Å². The Balaban J connectivity index is 2.17. The third-order valence-electron chi connectivity index (χ3n) is 3.40. The average molecular weight is 387 g/mol. The van der Waals surface area contributed by atoms with Crippen LogP contribution in [0.25, 0.3) is 0 Å². The van der Waals surface area contributed by atoms with E-state index >= 15 is 0 Å². The average Bonchev–Trinajstić information content (AvgIpc) is 2.53. The van der Waals surface area contributed by atoms with E-state index in [0.717, 1.165) is 0 Å². The number of anilines is 2. The van der Waals surface area contributed by atoms with Crippen LogP contribution in [0.1, 0.15) is 17.3 Å². The van der Waals surface area contributed by atoms with Crippen LogP contribution in [0.3, 0.4) is 0 Å². The van der Waals surface area contributed by atoms with Gasteiger partial charge in [-0.25, -0.2) is 8.42 Å². The number of nitrogens with zero attached hydrogens (tertiary/aromatic N) is 1. The minimum Gasteiger partial charge on any atom is -0.322 e. The molecule has 5 nitrogen and oxygen atoms in total. The first kappa shape index (κ1) is 18.6. The maximum absolute atomic E-state index is 12.2. The Morgan fingerprint density at radius 1 is 1.08 bits per heavy atom. The van der Waals surface area contributed by atoms with Gasteiger partial charge < -0.3 is 5.32 Å². The molecule has 0 atom stereocenters. The molecule has 0 aliphatic heterocycles. The summed E-state index contributed by atoms with van der Waals surface area (Å²) in [4.78, 5) is 12.2. The molecule has 1 N–H and O–H groups in total. The van der Waals surface area contributed by atoms with Gasteiger partial charge in [-0.05, 0) is 49.4 Å². The molecule has 0 spiro atoms. The third kappa shape index (κ3) is 4.41. The molecule has 0 saturated carbocycles. The summed E-state index contributed by atoms with van der Waals surface area (Å²) in [5.41, 5.74) is 1.35. The van der Waals surface area contributed by atoms with Crippen molar-refractivity contribution < 1.29 is 13.2 Å². The standard InChI is InChI=1S/C16H16Cl2N2O3S/c1-3-24(22,23)20(2)15-6-4-11(5-7-15)16(21)19-14-9-12(17)8-13(18)10-14/h4-10H,3H2,1-2H3,(H,19,21). The van der Waals surface area contributed by atoms with Gasteiger partial charge in [-0.3, -0.25) is 9.10 Å². The van der Waals surface area contributed by atoms with Gasteiger partial charge >= 0.3 is 0 Å². The highest BCUT2D eigenvalue weighted by Gasteiger charge is 2.16. The number of sulfonamides is 1. The Morgan fingerprint density at radius 2 is 1.62 bits per heavy atom. The van der Waals surface area contributed by atoms with Crippen molar-refractivity contribution in [1.29, 1.82) is 0 Å². The van der Waals surface area contributed by atoms with Crippen molar-refractivity contribution in [2.75, 3.05) is 22.4 Å². The van der Waals surface area contributed by atoms with Gasteiger partial charge in [0.2, 0.25) is 10.0 Å². The van der Waals surface area contributed by atoms with Crippen molar-refractivity contribution in [2.24, 2.45) is 0 Å². The molecule has 0 radical (unpaired) electrons. The predicted octanol–water partition coefficient (Wildman–Crippen LogP) is 4.03. The Bertz CT molecular complexity index is 832. The first-order valence-electron chi connectivity index (χ1n) is 7.07. The number of nitrogens with one attached hydrogen (secondary N) is 1. The van der Waals surface area contributed by atoms with Gasteiger partial charge in [0.15, 0.2) is 0 Å². The van der Waals surface area contributed by atoms with Gasteiger partial charge in [0, 0.05) is 28.3 Å². The molecule has 0 aliphatic rings. The number of carbonyl (C=O) groups is 1. The van der Waals surface area contributed by atoms with Crippen LogP contribution in [-0.4, -0.2) is 27.1 Å². The maximum Gasteiger partial charge on any atom is 0.255 e. The second-order valence-electron chi connectivity index (χ2n) is 5.03. The van der Waals surface area contributed by atoms with Gasteiger partial charge in [0.25, 0.3) is 5.91 Å². The highest BCUT2D eigenvalue weighted by molar-refractivity contribution is 7.92. The minimum atomic E-state index is -3.34. The molecule has 24 heavy (non-hydrogen) atoms. The maximum atomic E-state index is 12.2. The van der Waals surface area contributed by atoms with Crippen LogP contribution >= 0.6 is 23.2 Å². The monoisotopic (exact) mass is 386 g/mol. The lowest BCUT2D eigenvalue weighted by atomic mass is 10.2. The Labute approximate surface area is 151 Å². The first-order valence-corrected chi connectivity index (χ1v) is 9.43. The third-order valence-corrected chi connectivity index (χ3v) is 5.61. The number of rotatable bonds is 5. The molecule has 2 aromatic rings. The highest BCUT2D eigenvalue weighted by Crippen LogP contribution is 2.23. The summed E-state index contributed by atoms with van der Waals surface area (Å²) in [6, 6.07) is 11.0. The van der Waals surface area contributed by atoms with Gasteiger partial charge in [-0.15, -0.1) is 0 Å². The molecule has 128 valence electrons. The fourth-order valence-electron chi connectivity index (χ4n) is 2.01. The number of benzene rings is 2. The summed E-state index contributed by atoms with van der Waals surface area (Å²) < 4.78 is 24.9. The van der Waals surface area contributed by atoms with E-state index in [4.69, 9.17) is 23.2 Å². The summed E-state index contributed by atoms with van der Waals surface area (Å²) in [5, 5.41) is 3.52. The van der Waals surface area contributed by atoms with E-state index in [-0.39, 0.29) is 11.7 Å². The molecule has 0 fully saturated rings. The highest BCUT2D eigenvalue weighted by atomic mass is 35.5. The van der Waals surface area contributed by atoms with E-state index in [1.54, 1.807) is 49.4 Å². The fraction of sp³-hybridized carbons (Fsp3) is 0.188. The Kier molecular flexibility index (Phi) is 5.74. The molecule has 0 aliphatic carbocycles. The van der Waals surface area contributed by atoms with Gasteiger partial charge in [0.1, 0.15) is 0 Å². The number of amides is 1. The first-order chi connectivity index (χ1) is 11.2.